The van der Waals surface area contributed by atoms with Gasteiger partial charge in [0.1, 0.15) is 11.2 Å². The van der Waals surface area contributed by atoms with E-state index in [9.17, 15) is 0 Å². The molecule has 0 N–H and O–H groups in total. The van der Waals surface area contributed by atoms with E-state index < -0.39 is 0 Å². The Bertz CT molecular complexity index is 3080. The van der Waals surface area contributed by atoms with Crippen LogP contribution in [0.1, 0.15) is 25.0 Å². The number of rotatable bonds is 4. The second-order valence-corrected chi connectivity index (χ2v) is 14.4. The first-order chi connectivity index (χ1) is 26.0. The fraction of sp³-hybridized carbons (Fsp3) is 0.0625. The Morgan fingerprint density at radius 2 is 1.09 bits per heavy atom. The quantitative estimate of drug-likeness (QED) is 0.186. The van der Waals surface area contributed by atoms with Gasteiger partial charge in [-0.1, -0.05) is 147 Å². The van der Waals surface area contributed by atoms with E-state index in [1.54, 1.807) is 0 Å². The zero-order valence-electron chi connectivity index (χ0n) is 29.2. The predicted molar refractivity (Wildman–Crippen MR) is 215 cm³/mol. The number of hydrogen-bond acceptors (Lipinski definition) is 4. The van der Waals surface area contributed by atoms with Crippen molar-refractivity contribution >= 4 is 43.7 Å². The second kappa shape index (κ2) is 11.1. The molecule has 10 aromatic rings. The van der Waals surface area contributed by atoms with Crippen molar-refractivity contribution in [3.63, 3.8) is 0 Å². The fourth-order valence-electron chi connectivity index (χ4n) is 8.48. The summed E-state index contributed by atoms with van der Waals surface area (Å²) in [5.74, 6) is 1.76. The zero-order chi connectivity index (χ0) is 35.3. The van der Waals surface area contributed by atoms with Crippen molar-refractivity contribution in [3.05, 3.63) is 169 Å². The van der Waals surface area contributed by atoms with E-state index in [0.717, 1.165) is 60.6 Å². The third-order valence-electron chi connectivity index (χ3n) is 11.1. The molecule has 7 aromatic carbocycles. The minimum atomic E-state index is -0.153. The van der Waals surface area contributed by atoms with Gasteiger partial charge in [-0.2, -0.15) is 9.97 Å². The topological polar surface area (TPSA) is 56.7 Å². The molecule has 0 bridgehead atoms. The van der Waals surface area contributed by atoms with Crippen molar-refractivity contribution in [3.8, 4) is 51.0 Å². The van der Waals surface area contributed by atoms with Gasteiger partial charge < -0.3 is 4.42 Å². The van der Waals surface area contributed by atoms with Gasteiger partial charge >= 0.3 is 0 Å². The molecule has 0 fully saturated rings. The minimum Gasteiger partial charge on any atom is -0.456 e. The van der Waals surface area contributed by atoms with Gasteiger partial charge in [-0.15, -0.1) is 0 Å². The van der Waals surface area contributed by atoms with Gasteiger partial charge in [0.2, 0.25) is 5.95 Å². The molecular formula is C48H32N4O. The first-order valence-electron chi connectivity index (χ1n) is 18.0. The van der Waals surface area contributed by atoms with Crippen molar-refractivity contribution in [2.45, 2.75) is 19.3 Å². The summed E-state index contributed by atoms with van der Waals surface area (Å²) < 4.78 is 8.59. The molecule has 5 nitrogen and oxygen atoms in total. The largest absolute Gasteiger partial charge is 0.456 e. The predicted octanol–water partition coefficient (Wildman–Crippen LogP) is 12.2. The summed E-state index contributed by atoms with van der Waals surface area (Å²) in [6.07, 6.45) is 0. The summed E-state index contributed by atoms with van der Waals surface area (Å²) >= 11 is 0. The van der Waals surface area contributed by atoms with Crippen LogP contribution in [0.3, 0.4) is 0 Å². The summed E-state index contributed by atoms with van der Waals surface area (Å²) in [4.78, 5) is 15.8. The van der Waals surface area contributed by atoms with Crippen LogP contribution in [0.2, 0.25) is 0 Å². The van der Waals surface area contributed by atoms with E-state index in [1.165, 1.54) is 27.6 Å². The maximum Gasteiger partial charge on any atom is 0.238 e. The first-order valence-corrected chi connectivity index (χ1v) is 18.0. The van der Waals surface area contributed by atoms with Crippen LogP contribution in [0.4, 0.5) is 0 Å². The fourth-order valence-corrected chi connectivity index (χ4v) is 8.48. The Balaban J connectivity index is 1.19. The van der Waals surface area contributed by atoms with Gasteiger partial charge in [0.15, 0.2) is 11.6 Å². The molecule has 0 amide bonds. The van der Waals surface area contributed by atoms with Crippen LogP contribution in [0.15, 0.2) is 162 Å². The molecule has 0 spiro atoms. The summed E-state index contributed by atoms with van der Waals surface area (Å²) in [6, 6.07) is 55.3. The van der Waals surface area contributed by atoms with Crippen molar-refractivity contribution in [1.29, 1.82) is 0 Å². The smallest absolute Gasteiger partial charge is 0.238 e. The molecule has 53 heavy (non-hydrogen) atoms. The average molecular weight is 681 g/mol. The molecule has 11 rings (SSSR count). The summed E-state index contributed by atoms with van der Waals surface area (Å²) in [5.41, 5.74) is 12.9. The van der Waals surface area contributed by atoms with Gasteiger partial charge in [-0.25, -0.2) is 4.98 Å². The molecule has 0 radical (unpaired) electrons. The number of hydrogen-bond donors (Lipinski definition) is 0. The first kappa shape index (κ1) is 29.8. The second-order valence-electron chi connectivity index (χ2n) is 14.4. The van der Waals surface area contributed by atoms with Crippen LogP contribution in [0.5, 0.6) is 0 Å². The Kier molecular flexibility index (Phi) is 6.23. The van der Waals surface area contributed by atoms with Crippen LogP contribution in [0.25, 0.3) is 94.7 Å². The molecule has 250 valence electrons. The summed E-state index contributed by atoms with van der Waals surface area (Å²) in [5, 5.41) is 4.49. The number of nitrogens with zero attached hydrogens (tertiary/aromatic N) is 4. The average Bonchev–Trinajstić information content (AvgIpc) is 3.83. The maximum absolute atomic E-state index is 6.33. The summed E-state index contributed by atoms with van der Waals surface area (Å²) in [6.45, 7) is 4.64. The van der Waals surface area contributed by atoms with Gasteiger partial charge in [0.05, 0.1) is 11.0 Å². The van der Waals surface area contributed by atoms with Crippen molar-refractivity contribution in [1.82, 2.24) is 19.5 Å². The highest BCUT2D eigenvalue weighted by Gasteiger charge is 2.37. The van der Waals surface area contributed by atoms with Crippen molar-refractivity contribution in [2.24, 2.45) is 0 Å². The van der Waals surface area contributed by atoms with E-state index in [-0.39, 0.29) is 5.41 Å². The molecule has 1 aliphatic rings. The lowest BCUT2D eigenvalue weighted by Gasteiger charge is -2.21. The van der Waals surface area contributed by atoms with Crippen molar-refractivity contribution < 1.29 is 4.42 Å². The van der Waals surface area contributed by atoms with Gasteiger partial charge in [-0.3, -0.25) is 4.57 Å². The van der Waals surface area contributed by atoms with E-state index in [1.807, 2.05) is 24.3 Å². The molecular weight excluding hydrogens is 649 g/mol. The molecule has 0 saturated heterocycles. The highest BCUT2D eigenvalue weighted by molar-refractivity contribution is 6.15. The molecule has 0 unspecified atom stereocenters. The molecule has 3 aromatic heterocycles. The molecule has 0 saturated carbocycles. The van der Waals surface area contributed by atoms with Crippen LogP contribution < -0.4 is 0 Å². The Morgan fingerprint density at radius 3 is 1.94 bits per heavy atom. The lowest BCUT2D eigenvalue weighted by molar-refractivity contribution is 0.660. The molecule has 0 aliphatic heterocycles. The third kappa shape index (κ3) is 4.40. The number of para-hydroxylation sites is 2. The monoisotopic (exact) mass is 680 g/mol. The Morgan fingerprint density at radius 1 is 0.472 bits per heavy atom. The summed E-state index contributed by atoms with van der Waals surface area (Å²) in [7, 11) is 0. The van der Waals surface area contributed by atoms with Gasteiger partial charge in [0, 0.05) is 43.7 Å². The molecule has 0 atom stereocenters. The van der Waals surface area contributed by atoms with Crippen LogP contribution >= 0.6 is 0 Å². The SMILES string of the molecule is CC1(C)c2ccccc2-c2c1ccc1c3ccccc3n(-c3nc(-c4ccc(-c5ccccc5)cc4)nc(-c4ccc5c(c4)oc4ccccc45)n3)c21. The van der Waals surface area contributed by atoms with Crippen LogP contribution in [-0.2, 0) is 5.41 Å². The minimum absolute atomic E-state index is 0.153. The lowest BCUT2D eigenvalue weighted by atomic mass is 9.82. The number of furan rings is 1. The highest BCUT2D eigenvalue weighted by Crippen LogP contribution is 2.52. The van der Waals surface area contributed by atoms with E-state index in [2.05, 4.69) is 152 Å². The van der Waals surface area contributed by atoms with Crippen LogP contribution in [-0.4, -0.2) is 19.5 Å². The van der Waals surface area contributed by atoms with E-state index in [0.29, 0.717) is 17.6 Å². The van der Waals surface area contributed by atoms with Crippen LogP contribution in [0, 0.1) is 0 Å². The molecule has 1 aliphatic carbocycles. The lowest BCUT2D eigenvalue weighted by Crippen LogP contribution is -2.14. The normalized spacial score (nSPS) is 13.2. The Hall–Kier alpha value is -6.85. The van der Waals surface area contributed by atoms with Gasteiger partial charge in [0.25, 0.3) is 0 Å². The number of benzene rings is 7. The Labute approximate surface area is 305 Å². The van der Waals surface area contributed by atoms with Gasteiger partial charge in [-0.05, 0) is 52.1 Å². The number of fused-ring (bicyclic) bond motifs is 10. The zero-order valence-corrected chi connectivity index (χ0v) is 29.2. The third-order valence-corrected chi connectivity index (χ3v) is 11.1. The van der Waals surface area contributed by atoms with E-state index in [4.69, 9.17) is 19.4 Å². The molecule has 5 heteroatoms. The standard InChI is InChI=1S/C48H32N4O/c1-48(2)38-17-9-6-16-37(38)43-39(48)27-26-36-33-14-7-10-18-40(33)52(44(36)43)47-50-45(31-22-20-30(21-23-31)29-12-4-3-5-13-29)49-46(51-47)32-24-25-35-34-15-8-11-19-41(34)53-42(35)28-32/h3-28H,1-2H3. The number of aromatic nitrogens is 4. The maximum atomic E-state index is 6.33. The highest BCUT2D eigenvalue weighted by atomic mass is 16.3. The molecule has 3 heterocycles. The van der Waals surface area contributed by atoms with E-state index >= 15 is 0 Å². The van der Waals surface area contributed by atoms with Crippen molar-refractivity contribution in [2.75, 3.05) is 0 Å².